The summed E-state index contributed by atoms with van der Waals surface area (Å²) in [6.07, 6.45) is 0. The molecular formula is C12H9N3O4. The maximum absolute atomic E-state index is 11.0. The van der Waals surface area contributed by atoms with E-state index in [0.717, 1.165) is 6.07 Å². The SMILES string of the molecule is Nc1cc(-c2ccccc2)c([N+](=O)[O-])cc1[N+](=O)[O-]. The van der Waals surface area contributed by atoms with Gasteiger partial charge in [0.15, 0.2) is 0 Å². The summed E-state index contributed by atoms with van der Waals surface area (Å²) in [5.74, 6) is 0. The number of benzene rings is 2. The van der Waals surface area contributed by atoms with Crippen molar-refractivity contribution >= 4 is 17.1 Å². The first kappa shape index (κ1) is 12.5. The van der Waals surface area contributed by atoms with Crippen LogP contribution in [0.3, 0.4) is 0 Å². The quantitative estimate of drug-likeness (QED) is 0.517. The van der Waals surface area contributed by atoms with Crippen LogP contribution in [0.1, 0.15) is 0 Å². The second-order valence-corrected chi connectivity index (χ2v) is 3.81. The van der Waals surface area contributed by atoms with Crippen molar-refractivity contribution in [1.82, 2.24) is 0 Å². The highest BCUT2D eigenvalue weighted by molar-refractivity contribution is 5.81. The summed E-state index contributed by atoms with van der Waals surface area (Å²) in [4.78, 5) is 20.4. The first-order chi connectivity index (χ1) is 9.00. The average molecular weight is 259 g/mol. The van der Waals surface area contributed by atoms with Gasteiger partial charge in [0.1, 0.15) is 5.69 Å². The van der Waals surface area contributed by atoms with Gasteiger partial charge in [-0.05, 0) is 11.6 Å². The van der Waals surface area contributed by atoms with E-state index in [9.17, 15) is 20.2 Å². The molecule has 7 nitrogen and oxygen atoms in total. The molecule has 2 rings (SSSR count). The smallest absolute Gasteiger partial charge is 0.299 e. The van der Waals surface area contributed by atoms with Crippen molar-refractivity contribution in [2.75, 3.05) is 5.73 Å². The molecule has 0 atom stereocenters. The Labute approximate surface area is 107 Å². The zero-order valence-corrected chi connectivity index (χ0v) is 9.65. The van der Waals surface area contributed by atoms with E-state index in [1.165, 1.54) is 6.07 Å². The third-order valence-electron chi connectivity index (χ3n) is 2.62. The molecule has 0 saturated heterocycles. The van der Waals surface area contributed by atoms with Gasteiger partial charge in [-0.15, -0.1) is 0 Å². The van der Waals surface area contributed by atoms with Crippen molar-refractivity contribution in [3.63, 3.8) is 0 Å². The molecule has 2 aromatic rings. The van der Waals surface area contributed by atoms with Crippen LogP contribution in [-0.4, -0.2) is 9.85 Å². The molecule has 0 fully saturated rings. The maximum Gasteiger partial charge on any atom is 0.299 e. The minimum atomic E-state index is -0.739. The molecule has 0 radical (unpaired) electrons. The lowest BCUT2D eigenvalue weighted by Crippen LogP contribution is -2.00. The number of nitro groups is 2. The topological polar surface area (TPSA) is 112 Å². The monoisotopic (exact) mass is 259 g/mol. The minimum absolute atomic E-state index is 0.102. The van der Waals surface area contributed by atoms with Crippen molar-refractivity contribution in [3.8, 4) is 11.1 Å². The Bertz CT molecular complexity index is 656. The number of nitro benzene ring substituents is 2. The molecule has 0 amide bonds. The lowest BCUT2D eigenvalue weighted by atomic mass is 10.0. The van der Waals surface area contributed by atoms with E-state index in [1.807, 2.05) is 0 Å². The van der Waals surface area contributed by atoms with Gasteiger partial charge in [-0.25, -0.2) is 0 Å². The number of anilines is 1. The molecule has 0 unspecified atom stereocenters. The molecule has 7 heteroatoms. The van der Waals surface area contributed by atoms with Crippen LogP contribution in [0.25, 0.3) is 11.1 Å². The number of rotatable bonds is 3. The summed E-state index contributed by atoms with van der Waals surface area (Å²) in [5, 5.41) is 21.8. The second kappa shape index (κ2) is 4.73. The highest BCUT2D eigenvalue weighted by atomic mass is 16.6. The minimum Gasteiger partial charge on any atom is -0.393 e. The Balaban J connectivity index is 2.71. The molecule has 19 heavy (non-hydrogen) atoms. The highest BCUT2D eigenvalue weighted by Gasteiger charge is 2.23. The standard InChI is InChI=1S/C12H9N3O4/c13-10-6-9(8-4-2-1-3-5-8)11(14(16)17)7-12(10)15(18)19/h1-7H,13H2. The van der Waals surface area contributed by atoms with Crippen molar-refractivity contribution in [3.05, 3.63) is 62.7 Å². The van der Waals surface area contributed by atoms with Crippen LogP contribution in [-0.2, 0) is 0 Å². The van der Waals surface area contributed by atoms with Crippen LogP contribution in [0.15, 0.2) is 42.5 Å². The average Bonchev–Trinajstić information content (AvgIpc) is 2.38. The molecule has 0 aromatic heterocycles. The van der Waals surface area contributed by atoms with Gasteiger partial charge in [0.05, 0.1) is 21.5 Å². The normalized spacial score (nSPS) is 10.1. The van der Waals surface area contributed by atoms with Gasteiger partial charge in [0.25, 0.3) is 11.4 Å². The number of nitrogen functional groups attached to an aromatic ring is 1. The van der Waals surface area contributed by atoms with E-state index in [-0.39, 0.29) is 16.9 Å². The van der Waals surface area contributed by atoms with Gasteiger partial charge in [-0.2, -0.15) is 0 Å². The Morgan fingerprint density at radius 2 is 1.47 bits per heavy atom. The molecule has 0 heterocycles. The van der Waals surface area contributed by atoms with Gasteiger partial charge in [0, 0.05) is 0 Å². The third-order valence-corrected chi connectivity index (χ3v) is 2.62. The molecule has 0 aliphatic rings. The number of nitrogens with two attached hydrogens (primary N) is 1. The zero-order valence-electron chi connectivity index (χ0n) is 9.65. The van der Waals surface area contributed by atoms with E-state index in [2.05, 4.69) is 0 Å². The van der Waals surface area contributed by atoms with Gasteiger partial charge >= 0.3 is 0 Å². The van der Waals surface area contributed by atoms with E-state index in [1.54, 1.807) is 30.3 Å². The number of nitrogens with zero attached hydrogens (tertiary/aromatic N) is 2. The summed E-state index contributed by atoms with van der Waals surface area (Å²) >= 11 is 0. The van der Waals surface area contributed by atoms with E-state index in [4.69, 9.17) is 5.73 Å². The summed E-state index contributed by atoms with van der Waals surface area (Å²) in [5.41, 5.74) is 5.49. The van der Waals surface area contributed by atoms with Gasteiger partial charge in [-0.1, -0.05) is 30.3 Å². The van der Waals surface area contributed by atoms with Crippen LogP contribution in [0, 0.1) is 20.2 Å². The molecule has 2 aromatic carbocycles. The first-order valence-corrected chi connectivity index (χ1v) is 5.28. The fourth-order valence-electron chi connectivity index (χ4n) is 1.75. The molecule has 0 bridgehead atoms. The largest absolute Gasteiger partial charge is 0.393 e. The van der Waals surface area contributed by atoms with E-state index in [0.29, 0.717) is 5.56 Å². The van der Waals surface area contributed by atoms with Crippen LogP contribution in [0.4, 0.5) is 17.1 Å². The second-order valence-electron chi connectivity index (χ2n) is 3.81. The van der Waals surface area contributed by atoms with E-state index < -0.39 is 15.5 Å². The number of hydrogen-bond donors (Lipinski definition) is 1. The maximum atomic E-state index is 11.0. The van der Waals surface area contributed by atoms with Crippen molar-refractivity contribution in [2.24, 2.45) is 0 Å². The molecular weight excluding hydrogens is 250 g/mol. The van der Waals surface area contributed by atoms with Gasteiger partial charge < -0.3 is 5.73 Å². The lowest BCUT2D eigenvalue weighted by molar-refractivity contribution is -0.393. The van der Waals surface area contributed by atoms with Crippen LogP contribution < -0.4 is 5.73 Å². The Morgan fingerprint density at radius 1 is 0.895 bits per heavy atom. The molecule has 0 aliphatic heterocycles. The summed E-state index contributed by atoms with van der Waals surface area (Å²) in [6, 6.07) is 10.7. The van der Waals surface area contributed by atoms with Crippen LogP contribution >= 0.6 is 0 Å². The summed E-state index contributed by atoms with van der Waals surface area (Å²) < 4.78 is 0. The van der Waals surface area contributed by atoms with Crippen molar-refractivity contribution in [2.45, 2.75) is 0 Å². The van der Waals surface area contributed by atoms with Gasteiger partial charge in [0.2, 0.25) is 0 Å². The molecule has 2 N–H and O–H groups in total. The summed E-state index contributed by atoms with van der Waals surface area (Å²) in [7, 11) is 0. The van der Waals surface area contributed by atoms with Gasteiger partial charge in [-0.3, -0.25) is 20.2 Å². The fourth-order valence-corrected chi connectivity index (χ4v) is 1.75. The molecule has 0 spiro atoms. The lowest BCUT2D eigenvalue weighted by Gasteiger charge is -2.05. The highest BCUT2D eigenvalue weighted by Crippen LogP contribution is 2.36. The third kappa shape index (κ3) is 2.34. The van der Waals surface area contributed by atoms with Crippen molar-refractivity contribution in [1.29, 1.82) is 0 Å². The molecule has 96 valence electrons. The first-order valence-electron chi connectivity index (χ1n) is 5.28. The predicted octanol–water partition coefficient (Wildman–Crippen LogP) is 2.75. The fraction of sp³-hybridized carbons (Fsp3) is 0. The van der Waals surface area contributed by atoms with Crippen LogP contribution in [0.5, 0.6) is 0 Å². The Kier molecular flexibility index (Phi) is 3.11. The zero-order chi connectivity index (χ0) is 14.0. The predicted molar refractivity (Wildman–Crippen MR) is 69.6 cm³/mol. The van der Waals surface area contributed by atoms with E-state index >= 15 is 0 Å². The Morgan fingerprint density at radius 3 is 2.00 bits per heavy atom. The number of hydrogen-bond acceptors (Lipinski definition) is 5. The van der Waals surface area contributed by atoms with Crippen molar-refractivity contribution < 1.29 is 9.85 Å². The molecule has 0 saturated carbocycles. The Hall–Kier alpha value is -2.96. The molecule has 0 aliphatic carbocycles. The summed E-state index contributed by atoms with van der Waals surface area (Å²) in [6.45, 7) is 0. The van der Waals surface area contributed by atoms with Crippen LogP contribution in [0.2, 0.25) is 0 Å².